The minimum Gasteiger partial charge on any atom is -0.492 e. The van der Waals surface area contributed by atoms with Gasteiger partial charge in [-0.25, -0.2) is 4.39 Å². The molecule has 1 nitrogen and oxygen atoms in total. The number of benzene rings is 1. The van der Waals surface area contributed by atoms with Gasteiger partial charge in [0, 0.05) is 0 Å². The van der Waals surface area contributed by atoms with Gasteiger partial charge in [-0.05, 0) is 36.8 Å². The molecule has 0 aliphatic rings. The highest BCUT2D eigenvalue weighted by atomic mass is 35.5. The molecule has 1 aromatic carbocycles. The number of hydrogen-bond acceptors (Lipinski definition) is 2. The summed E-state index contributed by atoms with van der Waals surface area (Å²) in [6, 6.07) is 4.12. The first-order chi connectivity index (χ1) is 6.74. The fraction of sp³-hybridized carbons (Fsp3) is 0.400. The summed E-state index contributed by atoms with van der Waals surface area (Å²) in [6.45, 7) is 0.589. The average Bonchev–Trinajstić information content (AvgIpc) is 2.15. The Morgan fingerprint density at radius 2 is 2.14 bits per heavy atom. The van der Waals surface area contributed by atoms with Gasteiger partial charge >= 0.3 is 0 Å². The normalized spacial score (nSPS) is 10.2. The second-order valence-corrected chi connectivity index (χ2v) is 3.71. The van der Waals surface area contributed by atoms with Crippen LogP contribution in [0.1, 0.15) is 12.8 Å². The molecule has 0 fully saturated rings. The molecule has 0 aliphatic carbocycles. The van der Waals surface area contributed by atoms with Gasteiger partial charge in [-0.15, -0.1) is 0 Å². The molecular weight excluding hydrogens is 223 g/mol. The molecule has 0 N–H and O–H groups in total. The lowest BCUT2D eigenvalue weighted by Crippen LogP contribution is -1.98. The number of halogens is 2. The fourth-order valence-electron chi connectivity index (χ4n) is 0.988. The van der Waals surface area contributed by atoms with Crippen LogP contribution in [-0.2, 0) is 0 Å². The van der Waals surface area contributed by atoms with Gasteiger partial charge in [0.15, 0.2) is 0 Å². The van der Waals surface area contributed by atoms with Crippen molar-refractivity contribution < 1.29 is 9.13 Å². The number of unbranched alkanes of at least 4 members (excludes halogenated alkanes) is 1. The predicted octanol–water partition coefficient (Wildman–Crippen LogP) is 3.57. The zero-order valence-electron chi connectivity index (χ0n) is 7.67. The maximum absolute atomic E-state index is 12.6. The summed E-state index contributed by atoms with van der Waals surface area (Å²) in [7, 11) is 0. The summed E-state index contributed by atoms with van der Waals surface area (Å²) in [4.78, 5) is 0. The molecule has 1 rings (SSSR count). The molecule has 0 aromatic heterocycles. The average molecular weight is 235 g/mol. The molecule has 0 aliphatic heterocycles. The van der Waals surface area contributed by atoms with Crippen molar-refractivity contribution in [3.05, 3.63) is 29.0 Å². The lowest BCUT2D eigenvalue weighted by molar-refractivity contribution is 0.309. The molecule has 14 heavy (non-hydrogen) atoms. The van der Waals surface area contributed by atoms with Crippen LogP contribution < -0.4 is 4.74 Å². The molecular formula is C10H12ClFOS. The first-order valence-electron chi connectivity index (χ1n) is 4.43. The molecule has 0 unspecified atom stereocenters. The topological polar surface area (TPSA) is 9.23 Å². The van der Waals surface area contributed by atoms with Crippen LogP contribution in [0, 0.1) is 5.82 Å². The van der Waals surface area contributed by atoms with Gasteiger partial charge in [-0.1, -0.05) is 11.6 Å². The van der Waals surface area contributed by atoms with Crippen molar-refractivity contribution >= 4 is 24.2 Å². The summed E-state index contributed by atoms with van der Waals surface area (Å²) >= 11 is 9.85. The van der Waals surface area contributed by atoms with Crippen LogP contribution in [0.15, 0.2) is 18.2 Å². The predicted molar refractivity (Wildman–Crippen MR) is 60.0 cm³/mol. The Kier molecular flexibility index (Phi) is 5.12. The Balaban J connectivity index is 2.42. The smallest absolute Gasteiger partial charge is 0.138 e. The standard InChI is InChI=1S/C10H12ClFOS/c11-9-7-8(12)3-4-10(9)13-5-1-2-6-14/h3-4,7,14H,1-2,5-6H2. The maximum Gasteiger partial charge on any atom is 0.138 e. The van der Waals surface area contributed by atoms with Crippen LogP contribution in [0.5, 0.6) is 5.75 Å². The molecule has 4 heteroatoms. The Bertz CT molecular complexity index is 293. The van der Waals surface area contributed by atoms with E-state index in [1.807, 2.05) is 0 Å². The first-order valence-corrected chi connectivity index (χ1v) is 5.44. The number of rotatable bonds is 5. The van der Waals surface area contributed by atoms with E-state index in [9.17, 15) is 4.39 Å². The third-order valence-electron chi connectivity index (χ3n) is 1.70. The second-order valence-electron chi connectivity index (χ2n) is 2.85. The molecule has 0 radical (unpaired) electrons. The van der Waals surface area contributed by atoms with E-state index < -0.39 is 0 Å². The summed E-state index contributed by atoms with van der Waals surface area (Å²) in [5.74, 6) is 1.03. The van der Waals surface area contributed by atoms with Gasteiger partial charge in [0.25, 0.3) is 0 Å². The minimum atomic E-state index is -0.349. The van der Waals surface area contributed by atoms with Crippen molar-refractivity contribution in [2.24, 2.45) is 0 Å². The molecule has 0 bridgehead atoms. The Morgan fingerprint density at radius 3 is 2.79 bits per heavy atom. The largest absolute Gasteiger partial charge is 0.492 e. The highest BCUT2D eigenvalue weighted by Crippen LogP contribution is 2.24. The van der Waals surface area contributed by atoms with Crippen molar-refractivity contribution in [3.63, 3.8) is 0 Å². The van der Waals surface area contributed by atoms with E-state index in [2.05, 4.69) is 12.6 Å². The third kappa shape index (κ3) is 3.76. The first kappa shape index (κ1) is 11.7. The summed E-state index contributed by atoms with van der Waals surface area (Å²) in [5.41, 5.74) is 0. The molecule has 0 spiro atoms. The van der Waals surface area contributed by atoms with Crippen molar-refractivity contribution in [1.29, 1.82) is 0 Å². The van der Waals surface area contributed by atoms with Gasteiger partial charge in [0.05, 0.1) is 11.6 Å². The van der Waals surface area contributed by atoms with Crippen molar-refractivity contribution in [3.8, 4) is 5.75 Å². The zero-order chi connectivity index (χ0) is 10.4. The minimum absolute atomic E-state index is 0.316. The van der Waals surface area contributed by atoms with Crippen molar-refractivity contribution in [2.75, 3.05) is 12.4 Å². The Hall–Kier alpha value is -0.410. The molecule has 1 aromatic rings. The lowest BCUT2D eigenvalue weighted by Gasteiger charge is -2.06. The van der Waals surface area contributed by atoms with Crippen LogP contribution in [0.4, 0.5) is 4.39 Å². The summed E-state index contributed by atoms with van der Waals surface area (Å²) in [6.07, 6.45) is 1.93. The van der Waals surface area contributed by atoms with Gasteiger partial charge in [-0.2, -0.15) is 12.6 Å². The number of thiol groups is 1. The second kappa shape index (κ2) is 6.14. The third-order valence-corrected chi connectivity index (χ3v) is 2.32. The Morgan fingerprint density at radius 1 is 1.36 bits per heavy atom. The van der Waals surface area contributed by atoms with Crippen LogP contribution in [-0.4, -0.2) is 12.4 Å². The SMILES string of the molecule is Fc1ccc(OCCCCS)c(Cl)c1. The fourth-order valence-corrected chi connectivity index (χ4v) is 1.43. The van der Waals surface area contributed by atoms with E-state index in [4.69, 9.17) is 16.3 Å². The van der Waals surface area contributed by atoms with E-state index in [0.717, 1.165) is 18.6 Å². The quantitative estimate of drug-likeness (QED) is 0.605. The number of ether oxygens (including phenoxy) is 1. The van der Waals surface area contributed by atoms with Crippen molar-refractivity contribution in [2.45, 2.75) is 12.8 Å². The van der Waals surface area contributed by atoms with Crippen molar-refractivity contribution in [1.82, 2.24) is 0 Å². The maximum atomic E-state index is 12.6. The molecule has 0 saturated carbocycles. The summed E-state index contributed by atoms with van der Waals surface area (Å²) < 4.78 is 18.0. The van der Waals surface area contributed by atoms with Crippen LogP contribution in [0.2, 0.25) is 5.02 Å². The van der Waals surface area contributed by atoms with Gasteiger partial charge in [0.2, 0.25) is 0 Å². The van der Waals surface area contributed by atoms with Crippen LogP contribution in [0.3, 0.4) is 0 Å². The molecule has 0 heterocycles. The van der Waals surface area contributed by atoms with Crippen LogP contribution >= 0.6 is 24.2 Å². The molecule has 78 valence electrons. The van der Waals surface area contributed by atoms with Gasteiger partial charge in [0.1, 0.15) is 11.6 Å². The molecule has 0 amide bonds. The number of hydrogen-bond donors (Lipinski definition) is 1. The Labute approximate surface area is 93.6 Å². The highest BCUT2D eigenvalue weighted by Gasteiger charge is 2.02. The van der Waals surface area contributed by atoms with E-state index >= 15 is 0 Å². The molecule has 0 saturated heterocycles. The van der Waals surface area contributed by atoms with E-state index in [0.29, 0.717) is 17.4 Å². The van der Waals surface area contributed by atoms with E-state index in [1.165, 1.54) is 12.1 Å². The monoisotopic (exact) mass is 234 g/mol. The highest BCUT2D eigenvalue weighted by molar-refractivity contribution is 7.80. The molecule has 0 atom stereocenters. The van der Waals surface area contributed by atoms with E-state index in [1.54, 1.807) is 6.07 Å². The van der Waals surface area contributed by atoms with E-state index in [-0.39, 0.29) is 5.82 Å². The van der Waals surface area contributed by atoms with Gasteiger partial charge < -0.3 is 4.74 Å². The van der Waals surface area contributed by atoms with Gasteiger partial charge in [-0.3, -0.25) is 0 Å². The summed E-state index contributed by atoms with van der Waals surface area (Å²) in [5, 5.41) is 0.316. The van der Waals surface area contributed by atoms with Crippen LogP contribution in [0.25, 0.3) is 0 Å². The zero-order valence-corrected chi connectivity index (χ0v) is 9.32. The lowest BCUT2D eigenvalue weighted by atomic mass is 10.3.